The average molecular weight is 191 g/mol. The highest BCUT2D eigenvalue weighted by molar-refractivity contribution is 5.87. The van der Waals surface area contributed by atoms with Crippen molar-refractivity contribution in [2.45, 2.75) is 6.92 Å². The van der Waals surface area contributed by atoms with Gasteiger partial charge in [0.15, 0.2) is 0 Å². The van der Waals surface area contributed by atoms with Crippen molar-refractivity contribution in [2.75, 3.05) is 6.61 Å². The van der Waals surface area contributed by atoms with Crippen LogP contribution in [0.3, 0.4) is 0 Å². The first kappa shape index (κ1) is 11.0. The zero-order valence-electron chi connectivity index (χ0n) is 6.98. The highest BCUT2D eigenvalue weighted by atomic mass is 35.5. The molecular formula is C7H11ClN2O2. The Hall–Kier alpha value is -1.03. The number of aryl methyl sites for hydroxylation is 1. The molecule has 0 aliphatic rings. The molecule has 0 aliphatic carbocycles. The molecule has 12 heavy (non-hydrogen) atoms. The van der Waals surface area contributed by atoms with E-state index in [1.807, 2.05) is 0 Å². The number of halogens is 1. The summed E-state index contributed by atoms with van der Waals surface area (Å²) in [6.45, 7) is 2.16. The lowest BCUT2D eigenvalue weighted by atomic mass is 10.4. The van der Waals surface area contributed by atoms with Crippen molar-refractivity contribution in [3.05, 3.63) is 18.0 Å². The first-order chi connectivity index (χ1) is 5.25. The molecule has 5 heteroatoms. The van der Waals surface area contributed by atoms with Crippen LogP contribution in [0.25, 0.3) is 0 Å². The van der Waals surface area contributed by atoms with Crippen LogP contribution < -0.4 is 0 Å². The van der Waals surface area contributed by atoms with Gasteiger partial charge < -0.3 is 4.74 Å². The minimum atomic E-state index is -0.326. The van der Waals surface area contributed by atoms with Crippen molar-refractivity contribution in [2.24, 2.45) is 7.05 Å². The third kappa shape index (κ3) is 2.23. The molecule has 0 unspecified atom stereocenters. The molecule has 1 aromatic heterocycles. The minimum Gasteiger partial charge on any atom is -0.461 e. The molecule has 0 aliphatic heterocycles. The normalized spacial score (nSPS) is 8.83. The molecule has 0 atom stereocenters. The largest absolute Gasteiger partial charge is 0.461 e. The fraction of sp³-hybridized carbons (Fsp3) is 0.429. The van der Waals surface area contributed by atoms with Gasteiger partial charge in [-0.05, 0) is 13.0 Å². The lowest BCUT2D eigenvalue weighted by molar-refractivity contribution is 0.0513. The molecule has 1 aromatic rings. The van der Waals surface area contributed by atoms with E-state index in [0.717, 1.165) is 0 Å². The van der Waals surface area contributed by atoms with Gasteiger partial charge in [-0.1, -0.05) is 0 Å². The van der Waals surface area contributed by atoms with Crippen LogP contribution in [0.1, 0.15) is 17.4 Å². The number of rotatable bonds is 2. The van der Waals surface area contributed by atoms with Gasteiger partial charge in [-0.3, -0.25) is 4.68 Å². The van der Waals surface area contributed by atoms with Crippen molar-refractivity contribution in [1.82, 2.24) is 9.78 Å². The number of esters is 1. The quantitative estimate of drug-likeness (QED) is 0.654. The van der Waals surface area contributed by atoms with Gasteiger partial charge in [0.25, 0.3) is 0 Å². The van der Waals surface area contributed by atoms with Crippen LogP contribution in [0, 0.1) is 0 Å². The third-order valence-electron chi connectivity index (χ3n) is 1.31. The molecule has 0 fully saturated rings. The standard InChI is InChI=1S/C7H10N2O2.ClH/c1-3-11-7(10)6-4-5-8-9(6)2;/h4-5H,3H2,1-2H3;1H. The van der Waals surface area contributed by atoms with Gasteiger partial charge in [-0.25, -0.2) is 4.79 Å². The van der Waals surface area contributed by atoms with Crippen molar-refractivity contribution in [3.8, 4) is 0 Å². The summed E-state index contributed by atoms with van der Waals surface area (Å²) in [7, 11) is 1.70. The molecule has 0 radical (unpaired) electrons. The maximum Gasteiger partial charge on any atom is 0.356 e. The number of nitrogens with zero attached hydrogens (tertiary/aromatic N) is 2. The highest BCUT2D eigenvalue weighted by Crippen LogP contribution is 1.98. The SMILES string of the molecule is CCOC(=O)c1ccnn1C.Cl. The second kappa shape index (κ2) is 4.77. The van der Waals surface area contributed by atoms with Crippen LogP contribution >= 0.6 is 12.4 Å². The van der Waals surface area contributed by atoms with Gasteiger partial charge in [-0.2, -0.15) is 5.10 Å². The van der Waals surface area contributed by atoms with E-state index >= 15 is 0 Å². The lowest BCUT2D eigenvalue weighted by Crippen LogP contribution is -2.10. The predicted octanol–water partition coefficient (Wildman–Crippen LogP) is 1.02. The number of carbonyl (C=O) groups is 1. The van der Waals surface area contributed by atoms with Crippen LogP contribution in [0.2, 0.25) is 0 Å². The molecule has 0 amide bonds. The maximum atomic E-state index is 11.0. The molecule has 0 saturated carbocycles. The summed E-state index contributed by atoms with van der Waals surface area (Å²) in [6, 6.07) is 1.62. The number of hydrogen-bond donors (Lipinski definition) is 0. The Labute approximate surface area is 76.9 Å². The molecule has 0 aromatic carbocycles. The van der Waals surface area contributed by atoms with Crippen LogP contribution in [0.5, 0.6) is 0 Å². The highest BCUT2D eigenvalue weighted by Gasteiger charge is 2.09. The van der Waals surface area contributed by atoms with E-state index in [4.69, 9.17) is 4.74 Å². The van der Waals surface area contributed by atoms with E-state index in [0.29, 0.717) is 12.3 Å². The number of hydrogen-bond acceptors (Lipinski definition) is 3. The summed E-state index contributed by atoms with van der Waals surface area (Å²) in [5, 5.41) is 3.84. The van der Waals surface area contributed by atoms with Crippen molar-refractivity contribution >= 4 is 18.4 Å². The van der Waals surface area contributed by atoms with Crippen molar-refractivity contribution < 1.29 is 9.53 Å². The maximum absolute atomic E-state index is 11.0. The first-order valence-electron chi connectivity index (χ1n) is 3.41. The van der Waals surface area contributed by atoms with E-state index in [9.17, 15) is 4.79 Å². The number of aromatic nitrogens is 2. The molecule has 68 valence electrons. The van der Waals surface area contributed by atoms with E-state index in [1.165, 1.54) is 4.68 Å². The van der Waals surface area contributed by atoms with Crippen LogP contribution in [-0.4, -0.2) is 22.4 Å². The van der Waals surface area contributed by atoms with Crippen LogP contribution in [0.15, 0.2) is 12.3 Å². The summed E-state index contributed by atoms with van der Waals surface area (Å²) >= 11 is 0. The molecule has 0 saturated heterocycles. The van der Waals surface area contributed by atoms with E-state index in [-0.39, 0.29) is 18.4 Å². The Kier molecular flexibility index (Phi) is 4.36. The second-order valence-corrected chi connectivity index (χ2v) is 2.06. The summed E-state index contributed by atoms with van der Waals surface area (Å²) in [6.07, 6.45) is 1.56. The molecule has 1 rings (SSSR count). The van der Waals surface area contributed by atoms with Crippen molar-refractivity contribution in [3.63, 3.8) is 0 Å². The van der Waals surface area contributed by atoms with Gasteiger partial charge in [-0.15, -0.1) is 12.4 Å². The van der Waals surface area contributed by atoms with Gasteiger partial charge in [0.1, 0.15) is 5.69 Å². The fourth-order valence-electron chi connectivity index (χ4n) is 0.779. The Bertz CT molecular complexity index is 260. The average Bonchev–Trinajstić information content (AvgIpc) is 2.36. The fourth-order valence-corrected chi connectivity index (χ4v) is 0.779. The second-order valence-electron chi connectivity index (χ2n) is 2.06. The topological polar surface area (TPSA) is 44.1 Å². The van der Waals surface area contributed by atoms with Gasteiger partial charge >= 0.3 is 5.97 Å². The summed E-state index contributed by atoms with van der Waals surface area (Å²) in [4.78, 5) is 11.0. The predicted molar refractivity (Wildman–Crippen MR) is 46.4 cm³/mol. The molecule has 0 N–H and O–H groups in total. The summed E-state index contributed by atoms with van der Waals surface area (Å²) in [5.41, 5.74) is 0.479. The minimum absolute atomic E-state index is 0. The lowest BCUT2D eigenvalue weighted by Gasteiger charge is -2.00. The Morgan fingerprint density at radius 1 is 1.75 bits per heavy atom. The third-order valence-corrected chi connectivity index (χ3v) is 1.31. The zero-order valence-corrected chi connectivity index (χ0v) is 7.80. The first-order valence-corrected chi connectivity index (χ1v) is 3.41. The Balaban J connectivity index is 0.00000121. The molecule has 1 heterocycles. The van der Waals surface area contributed by atoms with E-state index < -0.39 is 0 Å². The number of carbonyl (C=O) groups excluding carboxylic acids is 1. The molecule has 0 spiro atoms. The summed E-state index contributed by atoms with van der Waals surface area (Å²) < 4.78 is 6.25. The molecule has 0 bridgehead atoms. The van der Waals surface area contributed by atoms with Gasteiger partial charge in [0, 0.05) is 13.2 Å². The summed E-state index contributed by atoms with van der Waals surface area (Å²) in [5.74, 6) is -0.326. The van der Waals surface area contributed by atoms with Crippen LogP contribution in [0.4, 0.5) is 0 Å². The van der Waals surface area contributed by atoms with Gasteiger partial charge in [0.05, 0.1) is 6.61 Å². The van der Waals surface area contributed by atoms with Gasteiger partial charge in [0.2, 0.25) is 0 Å². The monoisotopic (exact) mass is 190 g/mol. The van der Waals surface area contributed by atoms with Crippen molar-refractivity contribution in [1.29, 1.82) is 0 Å². The smallest absolute Gasteiger partial charge is 0.356 e. The molecular weight excluding hydrogens is 180 g/mol. The van der Waals surface area contributed by atoms with E-state index in [1.54, 1.807) is 26.2 Å². The van der Waals surface area contributed by atoms with Crippen LogP contribution in [-0.2, 0) is 11.8 Å². The Morgan fingerprint density at radius 2 is 2.42 bits per heavy atom. The Morgan fingerprint density at radius 3 is 2.83 bits per heavy atom. The van der Waals surface area contributed by atoms with E-state index in [2.05, 4.69) is 5.10 Å². The molecule has 4 nitrogen and oxygen atoms in total. The number of ether oxygens (including phenoxy) is 1. The zero-order chi connectivity index (χ0) is 8.27.